The third-order valence-electron chi connectivity index (χ3n) is 6.61. The molecule has 7 nitrogen and oxygen atoms in total. The zero-order valence-electron chi connectivity index (χ0n) is 21.0. The summed E-state index contributed by atoms with van der Waals surface area (Å²) >= 11 is 0. The van der Waals surface area contributed by atoms with Gasteiger partial charge < -0.3 is 14.9 Å². The van der Waals surface area contributed by atoms with Gasteiger partial charge in [-0.3, -0.25) is 0 Å². The fraction of sp³-hybridized carbons (Fsp3) is 0.207. The highest BCUT2D eigenvalue weighted by molar-refractivity contribution is 5.95. The molecule has 0 saturated heterocycles. The van der Waals surface area contributed by atoms with Crippen molar-refractivity contribution in [1.29, 1.82) is 0 Å². The summed E-state index contributed by atoms with van der Waals surface area (Å²) in [5.41, 5.74) is 5.88. The fourth-order valence-electron chi connectivity index (χ4n) is 4.25. The Balaban J connectivity index is 1.59. The number of aryl methyl sites for hydroxylation is 2. The lowest BCUT2D eigenvalue weighted by molar-refractivity contribution is 0.0695. The molecular formula is C29H27FN2O5. The van der Waals surface area contributed by atoms with Gasteiger partial charge in [0.25, 0.3) is 0 Å². The van der Waals surface area contributed by atoms with E-state index < -0.39 is 17.8 Å². The van der Waals surface area contributed by atoms with E-state index in [2.05, 4.69) is 5.10 Å². The van der Waals surface area contributed by atoms with Crippen molar-refractivity contribution < 1.29 is 28.9 Å². The lowest BCUT2D eigenvalue weighted by atomic mass is 9.95. The molecule has 0 unspecified atom stereocenters. The molecule has 0 atom stereocenters. The number of hydrogen-bond donors (Lipinski definition) is 2. The highest BCUT2D eigenvalue weighted by Gasteiger charge is 2.18. The molecule has 3 aromatic carbocycles. The van der Waals surface area contributed by atoms with E-state index >= 15 is 0 Å². The van der Waals surface area contributed by atoms with Gasteiger partial charge in [-0.25, -0.2) is 18.7 Å². The molecule has 37 heavy (non-hydrogen) atoms. The molecule has 190 valence electrons. The maximum Gasteiger partial charge on any atom is 0.336 e. The maximum atomic E-state index is 14.9. The fourth-order valence-corrected chi connectivity index (χ4v) is 4.25. The van der Waals surface area contributed by atoms with Gasteiger partial charge in [-0.2, -0.15) is 5.10 Å². The van der Waals surface area contributed by atoms with Crippen molar-refractivity contribution in [3.8, 4) is 11.4 Å². The Morgan fingerprint density at radius 1 is 0.946 bits per heavy atom. The molecule has 0 amide bonds. The first-order valence-corrected chi connectivity index (χ1v) is 11.7. The highest BCUT2D eigenvalue weighted by Crippen LogP contribution is 2.27. The topological polar surface area (TPSA) is 102 Å². The first-order chi connectivity index (χ1) is 17.6. The molecule has 0 radical (unpaired) electrons. The van der Waals surface area contributed by atoms with Crippen molar-refractivity contribution in [2.75, 3.05) is 0 Å². The summed E-state index contributed by atoms with van der Waals surface area (Å²) in [6, 6.07) is 14.2. The van der Waals surface area contributed by atoms with E-state index in [0.29, 0.717) is 22.4 Å². The molecule has 2 N–H and O–H groups in total. The van der Waals surface area contributed by atoms with Gasteiger partial charge in [0.15, 0.2) is 0 Å². The standard InChI is InChI=1S/C29H27FN2O5/c1-16-12-23(32-19(4)17(2)18(3)31-32)10-11-27(16)37-15-25-20(6-5-7-26(25)30)13-21-8-9-22(28(33)34)14-24(21)29(35)36/h5-12,14H,13,15H2,1-4H3,(H,33,34)(H,35,36). The van der Waals surface area contributed by atoms with Crippen molar-refractivity contribution in [3.63, 3.8) is 0 Å². The Hall–Kier alpha value is -4.46. The van der Waals surface area contributed by atoms with Crippen LogP contribution in [0.15, 0.2) is 54.6 Å². The first kappa shape index (κ1) is 25.6. The highest BCUT2D eigenvalue weighted by atomic mass is 19.1. The Labute approximate surface area is 213 Å². The molecule has 1 heterocycles. The molecule has 0 aliphatic rings. The molecule has 0 spiro atoms. The minimum atomic E-state index is -1.25. The van der Waals surface area contributed by atoms with Crippen molar-refractivity contribution in [1.82, 2.24) is 9.78 Å². The van der Waals surface area contributed by atoms with E-state index in [4.69, 9.17) is 4.74 Å². The predicted molar refractivity (Wildman–Crippen MR) is 136 cm³/mol. The molecule has 0 saturated carbocycles. The van der Waals surface area contributed by atoms with E-state index in [1.54, 1.807) is 12.1 Å². The average Bonchev–Trinajstić information content (AvgIpc) is 3.11. The summed E-state index contributed by atoms with van der Waals surface area (Å²) in [5, 5.41) is 23.4. The third kappa shape index (κ3) is 5.23. The van der Waals surface area contributed by atoms with E-state index in [-0.39, 0.29) is 24.2 Å². The maximum absolute atomic E-state index is 14.9. The first-order valence-electron chi connectivity index (χ1n) is 11.7. The van der Waals surface area contributed by atoms with Gasteiger partial charge >= 0.3 is 11.9 Å². The van der Waals surface area contributed by atoms with Gasteiger partial charge in [-0.1, -0.05) is 18.2 Å². The number of nitrogens with zero attached hydrogens (tertiary/aromatic N) is 2. The van der Waals surface area contributed by atoms with Crippen LogP contribution in [0.4, 0.5) is 4.39 Å². The van der Waals surface area contributed by atoms with Gasteiger partial charge in [0.1, 0.15) is 18.2 Å². The number of carboxylic acids is 2. The minimum absolute atomic E-state index is 0.0587. The van der Waals surface area contributed by atoms with Gasteiger partial charge in [-0.15, -0.1) is 0 Å². The number of hydrogen-bond acceptors (Lipinski definition) is 4. The number of carbonyl (C=O) groups is 2. The summed E-state index contributed by atoms with van der Waals surface area (Å²) in [6.07, 6.45) is 0.104. The largest absolute Gasteiger partial charge is 0.489 e. The monoisotopic (exact) mass is 502 g/mol. The number of benzene rings is 3. The van der Waals surface area contributed by atoms with E-state index in [9.17, 15) is 24.2 Å². The molecule has 0 aliphatic heterocycles. The lowest BCUT2D eigenvalue weighted by Crippen LogP contribution is -2.09. The lowest BCUT2D eigenvalue weighted by Gasteiger charge is -2.15. The molecular weight excluding hydrogens is 475 g/mol. The van der Waals surface area contributed by atoms with Crippen LogP contribution < -0.4 is 4.74 Å². The number of halogens is 1. The van der Waals surface area contributed by atoms with Crippen LogP contribution >= 0.6 is 0 Å². The second-order valence-corrected chi connectivity index (χ2v) is 8.98. The van der Waals surface area contributed by atoms with E-state index in [0.717, 1.165) is 34.3 Å². The number of aromatic nitrogens is 2. The van der Waals surface area contributed by atoms with E-state index in [1.165, 1.54) is 18.2 Å². The minimum Gasteiger partial charge on any atom is -0.489 e. The SMILES string of the molecule is Cc1cc(-n2nc(C)c(C)c2C)ccc1OCc1c(F)cccc1Cc1ccc(C(=O)O)cc1C(=O)O. The van der Waals surface area contributed by atoms with Gasteiger partial charge in [-0.05, 0) is 92.8 Å². The number of carboxylic acid groups (broad SMARTS) is 2. The van der Waals surface area contributed by atoms with Crippen LogP contribution in [0.1, 0.15) is 59.9 Å². The van der Waals surface area contributed by atoms with E-state index in [1.807, 2.05) is 50.6 Å². The Morgan fingerprint density at radius 3 is 2.32 bits per heavy atom. The van der Waals surface area contributed by atoms with Crippen molar-refractivity contribution in [2.24, 2.45) is 0 Å². The molecule has 4 aromatic rings. The van der Waals surface area contributed by atoms with Gasteiger partial charge in [0, 0.05) is 11.3 Å². The van der Waals surface area contributed by atoms with Crippen LogP contribution in [-0.4, -0.2) is 31.9 Å². The summed E-state index contributed by atoms with van der Waals surface area (Å²) in [7, 11) is 0. The van der Waals surface area contributed by atoms with Crippen LogP contribution in [0.3, 0.4) is 0 Å². The third-order valence-corrected chi connectivity index (χ3v) is 6.61. The molecule has 4 rings (SSSR count). The molecule has 0 bridgehead atoms. The Kier molecular flexibility index (Phi) is 7.11. The molecule has 0 fully saturated rings. The molecule has 8 heteroatoms. The summed E-state index contributed by atoms with van der Waals surface area (Å²) in [6.45, 7) is 7.86. The number of ether oxygens (including phenoxy) is 1. The molecule has 0 aliphatic carbocycles. The van der Waals surface area contributed by atoms with Crippen molar-refractivity contribution >= 4 is 11.9 Å². The normalized spacial score (nSPS) is 10.9. The zero-order valence-corrected chi connectivity index (χ0v) is 21.0. The van der Waals surface area contributed by atoms with Crippen molar-refractivity contribution in [2.45, 2.75) is 40.7 Å². The summed E-state index contributed by atoms with van der Waals surface area (Å²) in [4.78, 5) is 23.0. The van der Waals surface area contributed by atoms with Crippen LogP contribution in [0.5, 0.6) is 5.75 Å². The predicted octanol–water partition coefficient (Wildman–Crippen LogP) is 5.81. The smallest absolute Gasteiger partial charge is 0.336 e. The number of aromatic carboxylic acids is 2. The Morgan fingerprint density at radius 2 is 1.70 bits per heavy atom. The van der Waals surface area contributed by atoms with Crippen LogP contribution in [0.25, 0.3) is 5.69 Å². The van der Waals surface area contributed by atoms with Crippen LogP contribution in [0, 0.1) is 33.5 Å². The van der Waals surface area contributed by atoms with Crippen LogP contribution in [0.2, 0.25) is 0 Å². The second kappa shape index (κ2) is 10.3. The quantitative estimate of drug-likeness (QED) is 0.315. The summed E-state index contributed by atoms with van der Waals surface area (Å²) in [5.74, 6) is -2.35. The molecule has 1 aromatic heterocycles. The number of rotatable bonds is 8. The van der Waals surface area contributed by atoms with Gasteiger partial charge in [0.05, 0.1) is 22.5 Å². The second-order valence-electron chi connectivity index (χ2n) is 8.98. The average molecular weight is 503 g/mol. The Bertz CT molecular complexity index is 1520. The van der Waals surface area contributed by atoms with Crippen LogP contribution in [-0.2, 0) is 13.0 Å². The van der Waals surface area contributed by atoms with Gasteiger partial charge in [0.2, 0.25) is 0 Å². The van der Waals surface area contributed by atoms with Crippen molar-refractivity contribution in [3.05, 3.63) is 111 Å². The zero-order chi connectivity index (χ0) is 26.9. The summed E-state index contributed by atoms with van der Waals surface area (Å²) < 4.78 is 22.7.